The Morgan fingerprint density at radius 1 is 1.00 bits per heavy atom. The molecule has 1 aromatic heterocycles. The number of piperidine rings is 1. The number of anilines is 2. The zero-order chi connectivity index (χ0) is 17.9. The number of rotatable bonds is 5. The average Bonchev–Trinajstić information content (AvgIpc) is 3.26. The molecule has 4 rings (SSSR count). The Morgan fingerprint density at radius 2 is 1.65 bits per heavy atom. The molecule has 2 amide bonds. The Kier molecular flexibility index (Phi) is 5.04. The van der Waals surface area contributed by atoms with Crippen LogP contribution in [0.3, 0.4) is 0 Å². The van der Waals surface area contributed by atoms with Gasteiger partial charge in [0.1, 0.15) is 0 Å². The second-order valence-corrected chi connectivity index (χ2v) is 8.18. The Morgan fingerprint density at radius 3 is 2.27 bits per heavy atom. The van der Waals surface area contributed by atoms with E-state index >= 15 is 0 Å². The monoisotopic (exact) mass is 369 g/mol. The molecule has 2 saturated heterocycles. The lowest BCUT2D eigenvalue weighted by atomic mass is 9.89. The summed E-state index contributed by atoms with van der Waals surface area (Å²) in [6, 6.07) is 12.1. The average molecular weight is 369 g/mol. The molecule has 136 valence electrons. The first-order chi connectivity index (χ1) is 12.7. The van der Waals surface area contributed by atoms with Gasteiger partial charge >= 0.3 is 0 Å². The van der Waals surface area contributed by atoms with Crippen LogP contribution < -0.4 is 16.0 Å². The number of hydrogen-bond donors (Lipinski definition) is 3. The first-order valence-corrected chi connectivity index (χ1v) is 10.0. The molecule has 5 nitrogen and oxygen atoms in total. The predicted molar refractivity (Wildman–Crippen MR) is 105 cm³/mol. The van der Waals surface area contributed by atoms with Gasteiger partial charge in [0.2, 0.25) is 5.91 Å². The third-order valence-electron chi connectivity index (χ3n) is 5.22. The highest BCUT2D eigenvalue weighted by molar-refractivity contribution is 7.12. The topological polar surface area (TPSA) is 70.2 Å². The quantitative estimate of drug-likeness (QED) is 0.749. The number of thiophene rings is 1. The molecule has 2 aromatic rings. The highest BCUT2D eigenvalue weighted by atomic mass is 32.1. The first kappa shape index (κ1) is 17.2. The van der Waals surface area contributed by atoms with Crippen molar-refractivity contribution in [1.29, 1.82) is 0 Å². The molecule has 3 heterocycles. The van der Waals surface area contributed by atoms with Gasteiger partial charge in [-0.1, -0.05) is 6.07 Å². The number of carbonyl (C=O) groups is 2. The van der Waals surface area contributed by atoms with Gasteiger partial charge in [-0.3, -0.25) is 9.59 Å². The molecule has 1 aromatic carbocycles. The number of hydrogen-bond acceptors (Lipinski definition) is 4. The molecule has 2 atom stereocenters. The Balaban J connectivity index is 1.28. The number of carbonyl (C=O) groups excluding carboxylic acids is 2. The van der Waals surface area contributed by atoms with Gasteiger partial charge in [-0.15, -0.1) is 11.3 Å². The van der Waals surface area contributed by atoms with Crippen LogP contribution in [0.25, 0.3) is 0 Å². The van der Waals surface area contributed by atoms with E-state index in [0.717, 1.165) is 24.2 Å². The summed E-state index contributed by atoms with van der Waals surface area (Å²) >= 11 is 1.41. The standard InChI is InChI=1S/C20H23N3O2S/c24-19(12-13-10-16-7-8-17(11-13)21-16)22-14-3-5-15(6-4-14)23-20(25)18-2-1-9-26-18/h1-6,9,13,16-17,21H,7-8,10-12H2,(H,22,24)(H,23,25). The molecular formula is C20H23N3O2S. The highest BCUT2D eigenvalue weighted by Crippen LogP contribution is 2.32. The minimum atomic E-state index is -0.114. The van der Waals surface area contributed by atoms with Crippen molar-refractivity contribution in [3.8, 4) is 0 Å². The third kappa shape index (κ3) is 4.14. The molecular weight excluding hydrogens is 346 g/mol. The van der Waals surface area contributed by atoms with Crippen LogP contribution in [0.4, 0.5) is 11.4 Å². The van der Waals surface area contributed by atoms with Gasteiger partial charge in [0, 0.05) is 29.9 Å². The lowest BCUT2D eigenvalue weighted by molar-refractivity contribution is -0.117. The van der Waals surface area contributed by atoms with Gasteiger partial charge in [-0.25, -0.2) is 0 Å². The van der Waals surface area contributed by atoms with Crippen LogP contribution in [0.15, 0.2) is 41.8 Å². The van der Waals surface area contributed by atoms with E-state index < -0.39 is 0 Å². The zero-order valence-corrected chi connectivity index (χ0v) is 15.4. The van der Waals surface area contributed by atoms with Crippen LogP contribution in [-0.4, -0.2) is 23.9 Å². The summed E-state index contributed by atoms with van der Waals surface area (Å²) in [5.41, 5.74) is 1.48. The number of fused-ring (bicyclic) bond motifs is 2. The Labute approximate surface area is 157 Å². The largest absolute Gasteiger partial charge is 0.326 e. The summed E-state index contributed by atoms with van der Waals surface area (Å²) in [4.78, 5) is 25.1. The Bertz CT molecular complexity index is 761. The molecule has 2 fully saturated rings. The second-order valence-electron chi connectivity index (χ2n) is 7.24. The zero-order valence-electron chi connectivity index (χ0n) is 14.5. The minimum absolute atomic E-state index is 0.0756. The van der Waals surface area contributed by atoms with E-state index in [-0.39, 0.29) is 11.8 Å². The summed E-state index contributed by atoms with van der Waals surface area (Å²) in [6.45, 7) is 0. The summed E-state index contributed by atoms with van der Waals surface area (Å²) in [6.07, 6.45) is 5.31. The lowest BCUT2D eigenvalue weighted by Crippen LogP contribution is -2.39. The molecule has 2 aliphatic heterocycles. The van der Waals surface area contributed by atoms with Crippen molar-refractivity contribution < 1.29 is 9.59 Å². The molecule has 3 N–H and O–H groups in total. The molecule has 2 unspecified atom stereocenters. The summed E-state index contributed by atoms with van der Waals surface area (Å²) in [7, 11) is 0. The van der Waals surface area contributed by atoms with Crippen molar-refractivity contribution in [2.45, 2.75) is 44.2 Å². The number of nitrogens with one attached hydrogen (secondary N) is 3. The first-order valence-electron chi connectivity index (χ1n) is 9.16. The van der Waals surface area contributed by atoms with Crippen LogP contribution >= 0.6 is 11.3 Å². The minimum Gasteiger partial charge on any atom is -0.326 e. The van der Waals surface area contributed by atoms with Crippen molar-refractivity contribution in [2.24, 2.45) is 5.92 Å². The van der Waals surface area contributed by atoms with Crippen molar-refractivity contribution in [3.05, 3.63) is 46.7 Å². The smallest absolute Gasteiger partial charge is 0.265 e. The van der Waals surface area contributed by atoms with Gasteiger partial charge in [0.05, 0.1) is 4.88 Å². The molecule has 0 radical (unpaired) electrons. The van der Waals surface area contributed by atoms with Crippen molar-refractivity contribution in [3.63, 3.8) is 0 Å². The van der Waals surface area contributed by atoms with Crippen LogP contribution in [-0.2, 0) is 4.79 Å². The molecule has 2 aliphatic rings. The summed E-state index contributed by atoms with van der Waals surface area (Å²) in [5, 5.41) is 11.3. The maximum atomic E-state index is 12.3. The summed E-state index contributed by atoms with van der Waals surface area (Å²) in [5.74, 6) is 0.446. The third-order valence-corrected chi connectivity index (χ3v) is 6.08. The SMILES string of the molecule is O=C(CC1CC2CCC(C1)N2)Nc1ccc(NC(=O)c2cccs2)cc1. The maximum absolute atomic E-state index is 12.3. The molecule has 26 heavy (non-hydrogen) atoms. The van der Waals surface area contributed by atoms with E-state index in [1.807, 2.05) is 35.7 Å². The number of benzene rings is 1. The van der Waals surface area contributed by atoms with E-state index in [1.54, 1.807) is 6.07 Å². The fourth-order valence-corrected chi connectivity index (χ4v) is 4.67. The lowest BCUT2D eigenvalue weighted by Gasteiger charge is -2.28. The molecule has 6 heteroatoms. The van der Waals surface area contributed by atoms with Crippen LogP contribution in [0, 0.1) is 5.92 Å². The summed E-state index contributed by atoms with van der Waals surface area (Å²) < 4.78 is 0. The van der Waals surface area contributed by atoms with Crippen molar-refractivity contribution in [1.82, 2.24) is 5.32 Å². The molecule has 2 bridgehead atoms. The van der Waals surface area contributed by atoms with Gasteiger partial charge in [0.15, 0.2) is 0 Å². The van der Waals surface area contributed by atoms with Crippen LogP contribution in [0.5, 0.6) is 0 Å². The molecule has 0 saturated carbocycles. The molecule has 0 aliphatic carbocycles. The highest BCUT2D eigenvalue weighted by Gasteiger charge is 2.34. The van der Waals surface area contributed by atoms with Gasteiger partial charge in [0.25, 0.3) is 5.91 Å². The predicted octanol–water partition coefficient (Wildman–Crippen LogP) is 3.86. The fourth-order valence-electron chi connectivity index (χ4n) is 4.05. The van der Waals surface area contributed by atoms with Crippen LogP contribution in [0.2, 0.25) is 0 Å². The van der Waals surface area contributed by atoms with E-state index in [4.69, 9.17) is 0 Å². The normalized spacial score (nSPS) is 24.2. The van der Waals surface area contributed by atoms with Crippen LogP contribution in [0.1, 0.15) is 41.8 Å². The van der Waals surface area contributed by atoms with E-state index in [9.17, 15) is 9.59 Å². The van der Waals surface area contributed by atoms with Crippen molar-refractivity contribution in [2.75, 3.05) is 10.6 Å². The van der Waals surface area contributed by atoms with E-state index in [0.29, 0.717) is 29.3 Å². The molecule has 0 spiro atoms. The van der Waals surface area contributed by atoms with Gasteiger partial charge < -0.3 is 16.0 Å². The Hall–Kier alpha value is -2.18. The maximum Gasteiger partial charge on any atom is 0.265 e. The van der Waals surface area contributed by atoms with Crippen molar-refractivity contribution >= 4 is 34.5 Å². The fraction of sp³-hybridized carbons (Fsp3) is 0.400. The van der Waals surface area contributed by atoms with Gasteiger partial charge in [-0.05, 0) is 67.3 Å². The van der Waals surface area contributed by atoms with E-state index in [2.05, 4.69) is 16.0 Å². The number of amides is 2. The second kappa shape index (κ2) is 7.60. The van der Waals surface area contributed by atoms with E-state index in [1.165, 1.54) is 24.2 Å². The van der Waals surface area contributed by atoms with Gasteiger partial charge in [-0.2, -0.15) is 0 Å².